The molecular weight excluding hydrogens is 361 g/mol. The molecule has 1 aliphatic rings. The molecule has 6 nitrogen and oxygen atoms in total. The summed E-state index contributed by atoms with van der Waals surface area (Å²) in [7, 11) is 0. The number of nitrogens with one attached hydrogen (secondary N) is 1. The maximum absolute atomic E-state index is 13.1. The van der Waals surface area contributed by atoms with Crippen LogP contribution in [-0.2, 0) is 9.59 Å². The fourth-order valence-corrected chi connectivity index (χ4v) is 3.21. The van der Waals surface area contributed by atoms with Crippen LogP contribution in [0.5, 0.6) is 5.75 Å². The molecule has 2 atom stereocenters. The first kappa shape index (κ1) is 20.5. The Morgan fingerprint density at radius 3 is 2.92 bits per heavy atom. The molecule has 1 aliphatic heterocycles. The van der Waals surface area contributed by atoms with Crippen molar-refractivity contribution in [1.29, 1.82) is 0 Å². The zero-order chi connectivity index (χ0) is 19.1. The topological polar surface area (TPSA) is 84.7 Å². The first-order valence-corrected chi connectivity index (χ1v) is 9.19. The standard InChI is InChI=1S/C18H25ClFN3O3/c1-12(26-16-6-5-13(20)10-15(16)19)18(25)23-9-3-2-4-14(23)11-22-17(24)7-8-21/h5-6,10,12,14H,2-4,7-9,11,21H2,1H3,(H,22,24). The number of ether oxygens (including phenoxy) is 1. The van der Waals surface area contributed by atoms with Gasteiger partial charge in [0, 0.05) is 32.1 Å². The quantitative estimate of drug-likeness (QED) is 0.752. The Labute approximate surface area is 157 Å². The maximum atomic E-state index is 13.1. The zero-order valence-electron chi connectivity index (χ0n) is 14.8. The van der Waals surface area contributed by atoms with Crippen LogP contribution in [0, 0.1) is 5.82 Å². The minimum absolute atomic E-state index is 0.0762. The lowest BCUT2D eigenvalue weighted by atomic mass is 10.0. The molecule has 2 rings (SSSR count). The van der Waals surface area contributed by atoms with Crippen LogP contribution in [0.15, 0.2) is 18.2 Å². The van der Waals surface area contributed by atoms with E-state index in [2.05, 4.69) is 5.32 Å². The van der Waals surface area contributed by atoms with Crippen LogP contribution in [0.25, 0.3) is 0 Å². The SMILES string of the molecule is CC(Oc1ccc(F)cc1Cl)C(=O)N1CCCCC1CNC(=O)CCN. The fraction of sp³-hybridized carbons (Fsp3) is 0.556. The van der Waals surface area contributed by atoms with Crippen molar-refractivity contribution in [3.8, 4) is 5.75 Å². The average molecular weight is 386 g/mol. The molecule has 0 radical (unpaired) electrons. The smallest absolute Gasteiger partial charge is 0.263 e. The summed E-state index contributed by atoms with van der Waals surface area (Å²) in [6.07, 6.45) is 2.23. The molecule has 1 aromatic rings. The van der Waals surface area contributed by atoms with E-state index < -0.39 is 11.9 Å². The summed E-state index contributed by atoms with van der Waals surface area (Å²) >= 11 is 5.96. The highest BCUT2D eigenvalue weighted by molar-refractivity contribution is 6.32. The molecule has 26 heavy (non-hydrogen) atoms. The molecule has 2 amide bonds. The average Bonchev–Trinajstić information content (AvgIpc) is 2.62. The van der Waals surface area contributed by atoms with Crippen molar-refractivity contribution >= 4 is 23.4 Å². The number of hydrogen-bond acceptors (Lipinski definition) is 4. The van der Waals surface area contributed by atoms with Gasteiger partial charge < -0.3 is 20.7 Å². The van der Waals surface area contributed by atoms with Crippen molar-refractivity contribution in [2.45, 2.75) is 44.8 Å². The molecular formula is C18H25ClFN3O3. The molecule has 1 fully saturated rings. The van der Waals surface area contributed by atoms with Crippen molar-refractivity contribution in [3.05, 3.63) is 29.0 Å². The lowest BCUT2D eigenvalue weighted by molar-refractivity contribution is -0.142. The second kappa shape index (κ2) is 9.73. The zero-order valence-corrected chi connectivity index (χ0v) is 15.6. The third kappa shape index (κ3) is 5.57. The number of carbonyl (C=O) groups is 2. The number of rotatable bonds is 7. The molecule has 0 aromatic heterocycles. The Morgan fingerprint density at radius 1 is 1.46 bits per heavy atom. The van der Waals surface area contributed by atoms with Gasteiger partial charge in [0.25, 0.3) is 5.91 Å². The lowest BCUT2D eigenvalue weighted by Crippen LogP contribution is -2.53. The number of likely N-dealkylation sites (tertiary alicyclic amines) is 1. The first-order chi connectivity index (χ1) is 12.4. The highest BCUT2D eigenvalue weighted by atomic mass is 35.5. The molecule has 2 unspecified atom stereocenters. The summed E-state index contributed by atoms with van der Waals surface area (Å²) in [5.41, 5.74) is 5.37. The van der Waals surface area contributed by atoms with Gasteiger partial charge in [0.15, 0.2) is 6.10 Å². The first-order valence-electron chi connectivity index (χ1n) is 8.81. The third-order valence-corrected chi connectivity index (χ3v) is 4.66. The highest BCUT2D eigenvalue weighted by Gasteiger charge is 2.31. The second-order valence-corrected chi connectivity index (χ2v) is 6.77. The maximum Gasteiger partial charge on any atom is 0.263 e. The predicted molar refractivity (Wildman–Crippen MR) is 97.5 cm³/mol. The van der Waals surface area contributed by atoms with Crippen LogP contribution in [0.3, 0.4) is 0 Å². The van der Waals surface area contributed by atoms with Crippen LogP contribution in [0.4, 0.5) is 4.39 Å². The van der Waals surface area contributed by atoms with E-state index in [0.29, 0.717) is 19.6 Å². The molecule has 1 aromatic carbocycles. The van der Waals surface area contributed by atoms with Crippen LogP contribution < -0.4 is 15.8 Å². The number of carbonyl (C=O) groups excluding carboxylic acids is 2. The second-order valence-electron chi connectivity index (χ2n) is 6.36. The van der Waals surface area contributed by atoms with Gasteiger partial charge in [-0.2, -0.15) is 0 Å². The number of nitrogens with zero attached hydrogens (tertiary/aromatic N) is 1. The van der Waals surface area contributed by atoms with Crippen molar-refractivity contribution in [2.24, 2.45) is 5.73 Å². The Balaban J connectivity index is 1.98. The van der Waals surface area contributed by atoms with Gasteiger partial charge in [0.05, 0.1) is 5.02 Å². The number of halogens is 2. The Kier molecular flexibility index (Phi) is 7.66. The molecule has 1 heterocycles. The van der Waals surface area contributed by atoms with Crippen LogP contribution >= 0.6 is 11.6 Å². The molecule has 0 saturated carbocycles. The van der Waals surface area contributed by atoms with Gasteiger partial charge in [-0.25, -0.2) is 4.39 Å². The Morgan fingerprint density at radius 2 is 2.23 bits per heavy atom. The summed E-state index contributed by atoms with van der Waals surface area (Å²) < 4.78 is 18.8. The monoisotopic (exact) mass is 385 g/mol. The molecule has 0 bridgehead atoms. The fourth-order valence-electron chi connectivity index (χ4n) is 3.00. The summed E-state index contributed by atoms with van der Waals surface area (Å²) in [6, 6.07) is 3.70. The normalized spacial score (nSPS) is 18.3. The minimum Gasteiger partial charge on any atom is -0.479 e. The minimum atomic E-state index is -0.765. The molecule has 0 aliphatic carbocycles. The van der Waals surface area contributed by atoms with Crippen molar-refractivity contribution in [2.75, 3.05) is 19.6 Å². The van der Waals surface area contributed by atoms with Gasteiger partial charge in [0.1, 0.15) is 11.6 Å². The van der Waals surface area contributed by atoms with Crippen molar-refractivity contribution in [3.63, 3.8) is 0 Å². The number of benzene rings is 1. The van der Waals surface area contributed by atoms with Crippen LogP contribution in [0.1, 0.15) is 32.6 Å². The molecule has 3 N–H and O–H groups in total. The third-order valence-electron chi connectivity index (χ3n) is 4.36. The summed E-state index contributed by atoms with van der Waals surface area (Å²) in [5.74, 6) is -0.500. The number of nitrogens with two attached hydrogens (primary N) is 1. The van der Waals surface area contributed by atoms with Crippen LogP contribution in [0.2, 0.25) is 5.02 Å². The Bertz CT molecular complexity index is 644. The van der Waals surface area contributed by atoms with E-state index in [1.165, 1.54) is 12.1 Å². The van der Waals surface area contributed by atoms with Gasteiger partial charge in [-0.15, -0.1) is 0 Å². The highest BCUT2D eigenvalue weighted by Crippen LogP contribution is 2.27. The van der Waals surface area contributed by atoms with E-state index in [1.54, 1.807) is 11.8 Å². The lowest BCUT2D eigenvalue weighted by Gasteiger charge is -2.37. The molecule has 0 spiro atoms. The van der Waals surface area contributed by atoms with Crippen molar-refractivity contribution < 1.29 is 18.7 Å². The Hall–Kier alpha value is -1.86. The van der Waals surface area contributed by atoms with E-state index in [-0.39, 0.29) is 35.0 Å². The largest absolute Gasteiger partial charge is 0.479 e. The predicted octanol–water partition coefficient (Wildman–Crippen LogP) is 2.09. The van der Waals surface area contributed by atoms with E-state index >= 15 is 0 Å². The summed E-state index contributed by atoms with van der Waals surface area (Å²) in [5, 5.41) is 2.95. The van der Waals surface area contributed by atoms with Gasteiger partial charge >= 0.3 is 0 Å². The molecule has 8 heteroatoms. The molecule has 144 valence electrons. The van der Waals surface area contributed by atoms with Gasteiger partial charge in [0.2, 0.25) is 5.91 Å². The number of piperidine rings is 1. The number of hydrogen-bond donors (Lipinski definition) is 2. The summed E-state index contributed by atoms with van der Waals surface area (Å²) in [6.45, 7) is 2.94. The van der Waals surface area contributed by atoms with E-state index in [9.17, 15) is 14.0 Å². The van der Waals surface area contributed by atoms with E-state index in [0.717, 1.165) is 25.3 Å². The van der Waals surface area contributed by atoms with Gasteiger partial charge in [-0.05, 0) is 44.4 Å². The van der Waals surface area contributed by atoms with Gasteiger partial charge in [-0.3, -0.25) is 9.59 Å². The molecule has 1 saturated heterocycles. The number of amides is 2. The summed E-state index contributed by atoms with van der Waals surface area (Å²) in [4.78, 5) is 26.2. The van der Waals surface area contributed by atoms with Crippen LogP contribution in [-0.4, -0.2) is 48.5 Å². The van der Waals surface area contributed by atoms with E-state index in [4.69, 9.17) is 22.1 Å². The van der Waals surface area contributed by atoms with Gasteiger partial charge in [-0.1, -0.05) is 11.6 Å². The van der Waals surface area contributed by atoms with Crippen molar-refractivity contribution in [1.82, 2.24) is 10.2 Å². The van der Waals surface area contributed by atoms with E-state index in [1.807, 2.05) is 0 Å².